The molecular weight excluding hydrogens is 440 g/mol. The second kappa shape index (κ2) is 9.53. The van der Waals surface area contributed by atoms with Gasteiger partial charge in [0.05, 0.1) is 18.5 Å². The number of para-hydroxylation sites is 2. The summed E-state index contributed by atoms with van der Waals surface area (Å²) in [7, 11) is 2.87. The van der Waals surface area contributed by atoms with Crippen molar-refractivity contribution in [1.29, 1.82) is 0 Å². The Hall–Kier alpha value is -4.54. The highest BCUT2D eigenvalue weighted by Crippen LogP contribution is 2.23. The largest absolute Gasteiger partial charge is 0.495 e. The zero-order chi connectivity index (χ0) is 24.2. The molecule has 1 amide bonds. The van der Waals surface area contributed by atoms with Gasteiger partial charge in [-0.05, 0) is 31.2 Å². The van der Waals surface area contributed by atoms with Gasteiger partial charge in [-0.15, -0.1) is 0 Å². The number of aromatic nitrogens is 5. The van der Waals surface area contributed by atoms with E-state index in [-0.39, 0.29) is 36.2 Å². The van der Waals surface area contributed by atoms with Crippen LogP contribution in [0.3, 0.4) is 0 Å². The Morgan fingerprint density at radius 3 is 2.59 bits per heavy atom. The average molecular weight is 462 g/mol. The van der Waals surface area contributed by atoms with Gasteiger partial charge in [-0.2, -0.15) is 14.8 Å². The molecule has 0 bridgehead atoms. The minimum absolute atomic E-state index is 0.0635. The highest BCUT2D eigenvalue weighted by molar-refractivity contribution is 5.92. The Morgan fingerprint density at radius 2 is 1.85 bits per heavy atom. The zero-order valence-electron chi connectivity index (χ0n) is 18.8. The third-order valence-electron chi connectivity index (χ3n) is 5.08. The molecule has 0 aliphatic heterocycles. The fourth-order valence-corrected chi connectivity index (χ4v) is 3.20. The second-order valence-corrected chi connectivity index (χ2v) is 7.50. The van der Waals surface area contributed by atoms with E-state index in [1.54, 1.807) is 36.4 Å². The van der Waals surface area contributed by atoms with Crippen LogP contribution in [-0.2, 0) is 18.3 Å². The Balaban J connectivity index is 1.54. The molecule has 0 radical (unpaired) electrons. The molecule has 11 heteroatoms. The third kappa shape index (κ3) is 4.63. The number of amides is 1. The number of anilines is 1. The second-order valence-electron chi connectivity index (χ2n) is 7.50. The summed E-state index contributed by atoms with van der Waals surface area (Å²) in [6.45, 7) is 1.92. The van der Waals surface area contributed by atoms with Gasteiger partial charge in [0.1, 0.15) is 5.75 Å². The molecule has 4 rings (SSSR count). The topological polar surface area (TPSA) is 134 Å². The predicted octanol–water partition coefficient (Wildman–Crippen LogP) is 1.87. The number of nitrogens with one attached hydrogen (secondary N) is 1. The van der Waals surface area contributed by atoms with E-state index in [1.165, 1.54) is 14.2 Å². The number of hydrogen-bond donors (Lipinski definition) is 1. The molecule has 0 fully saturated rings. The van der Waals surface area contributed by atoms with Gasteiger partial charge < -0.3 is 14.6 Å². The minimum atomic E-state index is -0.658. The lowest BCUT2D eigenvalue weighted by molar-refractivity contribution is -0.116. The molecule has 0 atom stereocenters. The van der Waals surface area contributed by atoms with Gasteiger partial charge in [-0.25, -0.2) is 4.79 Å². The number of hydrogen-bond acceptors (Lipinski definition) is 8. The maximum atomic E-state index is 12.7. The number of ether oxygens (including phenoxy) is 1. The van der Waals surface area contributed by atoms with Gasteiger partial charge in [0.15, 0.2) is 5.69 Å². The van der Waals surface area contributed by atoms with Gasteiger partial charge in [-0.1, -0.05) is 35.0 Å². The lowest BCUT2D eigenvalue weighted by Gasteiger charge is -2.09. The van der Waals surface area contributed by atoms with Crippen LogP contribution in [0.4, 0.5) is 5.69 Å². The van der Waals surface area contributed by atoms with Crippen LogP contribution in [0.25, 0.3) is 17.2 Å². The molecule has 4 aromatic rings. The molecule has 2 heterocycles. The average Bonchev–Trinajstić information content (AvgIpc) is 3.31. The first-order chi connectivity index (χ1) is 16.4. The Morgan fingerprint density at radius 1 is 1.12 bits per heavy atom. The first-order valence-electron chi connectivity index (χ1n) is 10.4. The lowest BCUT2D eigenvalue weighted by Crippen LogP contribution is -2.40. The quantitative estimate of drug-likeness (QED) is 0.440. The van der Waals surface area contributed by atoms with Gasteiger partial charge in [0.2, 0.25) is 17.6 Å². The third-order valence-corrected chi connectivity index (χ3v) is 5.08. The van der Waals surface area contributed by atoms with Crippen molar-refractivity contribution in [1.82, 2.24) is 24.5 Å². The SMILES string of the molecule is COc1ccccc1NC(=O)CCc1nc(-c2nn(-c3ccc(C)cc3)c(=O)n(C)c2=O)no1. The van der Waals surface area contributed by atoms with Gasteiger partial charge in [-0.3, -0.25) is 14.2 Å². The van der Waals surface area contributed by atoms with Crippen molar-refractivity contribution in [2.24, 2.45) is 7.05 Å². The molecule has 0 aliphatic carbocycles. The zero-order valence-corrected chi connectivity index (χ0v) is 18.8. The molecule has 0 saturated carbocycles. The summed E-state index contributed by atoms with van der Waals surface area (Å²) < 4.78 is 12.5. The van der Waals surface area contributed by atoms with Crippen molar-refractivity contribution < 1.29 is 14.1 Å². The van der Waals surface area contributed by atoms with Crippen molar-refractivity contribution >= 4 is 11.6 Å². The summed E-state index contributed by atoms with van der Waals surface area (Å²) in [5, 5.41) is 10.8. The van der Waals surface area contributed by atoms with Crippen LogP contribution in [0.15, 0.2) is 62.6 Å². The summed E-state index contributed by atoms with van der Waals surface area (Å²) in [6, 6.07) is 14.2. The van der Waals surface area contributed by atoms with Crippen molar-refractivity contribution in [2.75, 3.05) is 12.4 Å². The van der Waals surface area contributed by atoms with E-state index < -0.39 is 11.2 Å². The van der Waals surface area contributed by atoms with E-state index >= 15 is 0 Å². The Labute approximate surface area is 193 Å². The first kappa shape index (κ1) is 22.6. The molecule has 0 spiro atoms. The van der Waals surface area contributed by atoms with Crippen molar-refractivity contribution in [3.8, 4) is 23.0 Å². The fourth-order valence-electron chi connectivity index (χ4n) is 3.20. The lowest BCUT2D eigenvalue weighted by atomic mass is 10.2. The number of nitrogens with zero attached hydrogens (tertiary/aromatic N) is 5. The fraction of sp³-hybridized carbons (Fsp3) is 0.217. The molecule has 0 saturated heterocycles. The Kier molecular flexibility index (Phi) is 6.35. The number of aryl methyl sites for hydroxylation is 2. The molecule has 0 unspecified atom stereocenters. The van der Waals surface area contributed by atoms with Crippen LogP contribution in [0.2, 0.25) is 0 Å². The summed E-state index contributed by atoms with van der Waals surface area (Å²) in [4.78, 5) is 41.8. The van der Waals surface area contributed by atoms with Crippen molar-refractivity contribution in [3.05, 3.63) is 80.8 Å². The van der Waals surface area contributed by atoms with Gasteiger partial charge >= 0.3 is 5.69 Å². The molecule has 11 nitrogen and oxygen atoms in total. The molecule has 34 heavy (non-hydrogen) atoms. The highest BCUT2D eigenvalue weighted by atomic mass is 16.5. The van der Waals surface area contributed by atoms with Crippen molar-refractivity contribution in [3.63, 3.8) is 0 Å². The Bertz CT molecular complexity index is 1450. The van der Waals surface area contributed by atoms with Gasteiger partial charge in [0.25, 0.3) is 5.56 Å². The summed E-state index contributed by atoms with van der Waals surface area (Å²) >= 11 is 0. The van der Waals surface area contributed by atoms with E-state index in [9.17, 15) is 14.4 Å². The van der Waals surface area contributed by atoms with Crippen LogP contribution in [0.1, 0.15) is 17.9 Å². The molecule has 0 aliphatic rings. The number of carbonyl (C=O) groups is 1. The van der Waals surface area contributed by atoms with Crippen LogP contribution >= 0.6 is 0 Å². The van der Waals surface area contributed by atoms with Crippen LogP contribution in [-0.4, -0.2) is 37.5 Å². The van der Waals surface area contributed by atoms with E-state index in [2.05, 4.69) is 20.6 Å². The monoisotopic (exact) mass is 462 g/mol. The number of benzene rings is 2. The van der Waals surface area contributed by atoms with E-state index in [4.69, 9.17) is 9.26 Å². The molecule has 2 aromatic heterocycles. The predicted molar refractivity (Wildman–Crippen MR) is 123 cm³/mol. The molecule has 1 N–H and O–H groups in total. The van der Waals surface area contributed by atoms with E-state index in [0.29, 0.717) is 17.1 Å². The molecule has 2 aromatic carbocycles. The maximum absolute atomic E-state index is 12.7. The minimum Gasteiger partial charge on any atom is -0.495 e. The first-order valence-corrected chi connectivity index (χ1v) is 10.4. The molecule has 174 valence electrons. The summed E-state index contributed by atoms with van der Waals surface area (Å²) in [5.41, 5.74) is 0.649. The highest BCUT2D eigenvalue weighted by Gasteiger charge is 2.19. The maximum Gasteiger partial charge on any atom is 0.351 e. The van der Waals surface area contributed by atoms with Crippen LogP contribution < -0.4 is 21.3 Å². The van der Waals surface area contributed by atoms with Crippen molar-refractivity contribution in [2.45, 2.75) is 19.8 Å². The number of rotatable bonds is 7. The standard InChI is InChI=1S/C23H22N6O5/c1-14-8-10-15(11-9-14)29-23(32)28(2)22(31)20(26-29)21-25-19(34-27-21)13-12-18(30)24-16-6-4-5-7-17(16)33-3/h4-11H,12-13H2,1-3H3,(H,24,30). The van der Waals surface area contributed by atoms with Crippen LogP contribution in [0, 0.1) is 6.92 Å². The van der Waals surface area contributed by atoms with Crippen LogP contribution in [0.5, 0.6) is 5.75 Å². The molecular formula is C23H22N6O5. The van der Waals surface area contributed by atoms with Gasteiger partial charge in [0, 0.05) is 19.9 Å². The smallest absolute Gasteiger partial charge is 0.351 e. The normalized spacial score (nSPS) is 10.8. The number of methoxy groups -OCH3 is 1. The van der Waals surface area contributed by atoms with E-state index in [1.807, 2.05) is 19.1 Å². The summed E-state index contributed by atoms with van der Waals surface area (Å²) in [5.74, 6) is 0.358. The number of carbonyl (C=O) groups excluding carboxylic acids is 1. The summed E-state index contributed by atoms with van der Waals surface area (Å²) in [6.07, 6.45) is 0.208. The van der Waals surface area contributed by atoms with E-state index in [0.717, 1.165) is 14.8 Å².